The molecule has 72 valence electrons. The standard InChI is InChI=1S/C11H21Br/c1-5-11(8-12)7-6-10(4)9(2)3/h11H,5-8H2,1-4H3. The van der Waals surface area contributed by atoms with Crippen LogP contribution in [0.15, 0.2) is 11.1 Å². The van der Waals surface area contributed by atoms with E-state index in [0.717, 1.165) is 11.2 Å². The van der Waals surface area contributed by atoms with E-state index in [-0.39, 0.29) is 0 Å². The average Bonchev–Trinajstić information content (AvgIpc) is 2.05. The molecule has 1 heteroatoms. The van der Waals surface area contributed by atoms with Crippen molar-refractivity contribution in [2.75, 3.05) is 5.33 Å². The normalized spacial score (nSPS) is 12.8. The Bertz CT molecular complexity index is 139. The predicted octanol–water partition coefficient (Wildman–Crippen LogP) is 4.54. The summed E-state index contributed by atoms with van der Waals surface area (Å²) < 4.78 is 0. The maximum atomic E-state index is 3.55. The Balaban J connectivity index is 3.74. The van der Waals surface area contributed by atoms with Crippen LogP contribution in [-0.4, -0.2) is 5.33 Å². The van der Waals surface area contributed by atoms with Crippen LogP contribution in [0.2, 0.25) is 0 Å². The number of halogens is 1. The van der Waals surface area contributed by atoms with Crippen LogP contribution in [0.4, 0.5) is 0 Å². The Morgan fingerprint density at radius 1 is 1.25 bits per heavy atom. The minimum absolute atomic E-state index is 0.860. The van der Waals surface area contributed by atoms with Gasteiger partial charge in [0, 0.05) is 5.33 Å². The van der Waals surface area contributed by atoms with Crippen molar-refractivity contribution in [1.29, 1.82) is 0 Å². The Hall–Kier alpha value is 0.220. The number of hydrogen-bond donors (Lipinski definition) is 0. The van der Waals surface area contributed by atoms with Gasteiger partial charge in [-0.3, -0.25) is 0 Å². The zero-order valence-corrected chi connectivity index (χ0v) is 10.4. The first-order chi connectivity index (χ1) is 5.61. The molecule has 0 fully saturated rings. The van der Waals surface area contributed by atoms with E-state index in [4.69, 9.17) is 0 Å². The van der Waals surface area contributed by atoms with Crippen molar-refractivity contribution in [2.45, 2.75) is 47.0 Å². The van der Waals surface area contributed by atoms with E-state index in [1.807, 2.05) is 0 Å². The summed E-state index contributed by atoms with van der Waals surface area (Å²) in [4.78, 5) is 0. The highest BCUT2D eigenvalue weighted by molar-refractivity contribution is 9.09. The SMILES string of the molecule is CCC(CBr)CCC(C)=C(C)C. The Morgan fingerprint density at radius 2 is 1.83 bits per heavy atom. The fraction of sp³-hybridized carbons (Fsp3) is 0.818. The van der Waals surface area contributed by atoms with Gasteiger partial charge < -0.3 is 0 Å². The smallest absolute Gasteiger partial charge is 0.00596 e. The monoisotopic (exact) mass is 232 g/mol. The summed E-state index contributed by atoms with van der Waals surface area (Å²) in [7, 11) is 0. The van der Waals surface area contributed by atoms with E-state index in [9.17, 15) is 0 Å². The van der Waals surface area contributed by atoms with Gasteiger partial charge in [0.25, 0.3) is 0 Å². The molecule has 0 saturated heterocycles. The molecule has 0 aromatic rings. The molecule has 0 spiro atoms. The van der Waals surface area contributed by atoms with Crippen LogP contribution in [0, 0.1) is 5.92 Å². The lowest BCUT2D eigenvalue weighted by molar-refractivity contribution is 0.526. The largest absolute Gasteiger partial charge is 0.0925 e. The maximum absolute atomic E-state index is 3.55. The second-order valence-corrected chi connectivity index (χ2v) is 4.40. The lowest BCUT2D eigenvalue weighted by atomic mass is 9.98. The highest BCUT2D eigenvalue weighted by Gasteiger charge is 2.04. The number of allylic oxidation sites excluding steroid dienone is 2. The second-order valence-electron chi connectivity index (χ2n) is 3.75. The molecule has 0 aromatic heterocycles. The van der Waals surface area contributed by atoms with Gasteiger partial charge in [-0.2, -0.15) is 0 Å². The minimum Gasteiger partial charge on any atom is -0.0925 e. The summed E-state index contributed by atoms with van der Waals surface area (Å²) in [5.74, 6) is 0.860. The van der Waals surface area contributed by atoms with E-state index in [1.165, 1.54) is 24.8 Å². The van der Waals surface area contributed by atoms with Crippen LogP contribution in [0.3, 0.4) is 0 Å². The van der Waals surface area contributed by atoms with Gasteiger partial charge >= 0.3 is 0 Å². The van der Waals surface area contributed by atoms with Crippen LogP contribution in [0.25, 0.3) is 0 Å². The molecule has 0 N–H and O–H groups in total. The third-order valence-electron chi connectivity index (χ3n) is 2.58. The topological polar surface area (TPSA) is 0 Å². The van der Waals surface area contributed by atoms with Gasteiger partial charge in [-0.1, -0.05) is 40.4 Å². The summed E-state index contributed by atoms with van der Waals surface area (Å²) in [5.41, 5.74) is 3.05. The summed E-state index contributed by atoms with van der Waals surface area (Å²) in [6.07, 6.45) is 3.90. The van der Waals surface area contributed by atoms with Crippen molar-refractivity contribution in [1.82, 2.24) is 0 Å². The molecule has 0 radical (unpaired) electrons. The summed E-state index contributed by atoms with van der Waals surface area (Å²) in [5, 5.41) is 1.15. The first-order valence-electron chi connectivity index (χ1n) is 4.80. The highest BCUT2D eigenvalue weighted by Crippen LogP contribution is 2.18. The van der Waals surface area contributed by atoms with Gasteiger partial charge in [0.1, 0.15) is 0 Å². The summed E-state index contributed by atoms with van der Waals surface area (Å²) in [6, 6.07) is 0. The van der Waals surface area contributed by atoms with E-state index in [0.29, 0.717) is 0 Å². The van der Waals surface area contributed by atoms with Crippen molar-refractivity contribution in [3.63, 3.8) is 0 Å². The lowest BCUT2D eigenvalue weighted by Gasteiger charge is -2.11. The molecular weight excluding hydrogens is 212 g/mol. The molecule has 1 unspecified atom stereocenters. The summed E-state index contributed by atoms with van der Waals surface area (Å²) >= 11 is 3.55. The molecule has 0 aliphatic heterocycles. The molecule has 0 heterocycles. The molecule has 1 atom stereocenters. The average molecular weight is 233 g/mol. The molecule has 0 saturated carbocycles. The van der Waals surface area contributed by atoms with Crippen LogP contribution < -0.4 is 0 Å². The molecule has 0 aromatic carbocycles. The van der Waals surface area contributed by atoms with E-state index < -0.39 is 0 Å². The fourth-order valence-electron chi connectivity index (χ4n) is 1.06. The van der Waals surface area contributed by atoms with Gasteiger partial charge in [-0.05, 0) is 39.5 Å². The molecule has 12 heavy (non-hydrogen) atoms. The first-order valence-corrected chi connectivity index (χ1v) is 5.92. The number of rotatable bonds is 5. The fourth-order valence-corrected chi connectivity index (χ4v) is 1.84. The predicted molar refractivity (Wildman–Crippen MR) is 60.9 cm³/mol. The first kappa shape index (κ1) is 12.2. The van der Waals surface area contributed by atoms with Gasteiger partial charge in [0.2, 0.25) is 0 Å². The second kappa shape index (κ2) is 6.71. The van der Waals surface area contributed by atoms with Gasteiger partial charge in [0.15, 0.2) is 0 Å². The van der Waals surface area contributed by atoms with E-state index >= 15 is 0 Å². The Kier molecular flexibility index (Phi) is 6.83. The van der Waals surface area contributed by atoms with E-state index in [1.54, 1.807) is 5.57 Å². The maximum Gasteiger partial charge on any atom is 0.00596 e. The molecule has 0 rings (SSSR count). The van der Waals surface area contributed by atoms with Crippen LogP contribution in [0.5, 0.6) is 0 Å². The van der Waals surface area contributed by atoms with Gasteiger partial charge in [0.05, 0.1) is 0 Å². The zero-order chi connectivity index (χ0) is 9.56. The van der Waals surface area contributed by atoms with Crippen molar-refractivity contribution in [3.05, 3.63) is 11.1 Å². The number of alkyl halides is 1. The third kappa shape index (κ3) is 4.97. The van der Waals surface area contributed by atoms with Crippen molar-refractivity contribution in [3.8, 4) is 0 Å². The van der Waals surface area contributed by atoms with Crippen LogP contribution in [-0.2, 0) is 0 Å². The van der Waals surface area contributed by atoms with Crippen LogP contribution in [0.1, 0.15) is 47.0 Å². The Morgan fingerprint density at radius 3 is 2.17 bits per heavy atom. The molecule has 0 aliphatic carbocycles. The quantitative estimate of drug-likeness (QED) is 0.483. The summed E-state index contributed by atoms with van der Waals surface area (Å²) in [6.45, 7) is 8.91. The van der Waals surface area contributed by atoms with Gasteiger partial charge in [-0.15, -0.1) is 0 Å². The lowest BCUT2D eigenvalue weighted by Crippen LogP contribution is -2.00. The minimum atomic E-state index is 0.860. The molecular formula is C11H21Br. The van der Waals surface area contributed by atoms with Crippen LogP contribution >= 0.6 is 15.9 Å². The van der Waals surface area contributed by atoms with Gasteiger partial charge in [-0.25, -0.2) is 0 Å². The van der Waals surface area contributed by atoms with Crippen molar-refractivity contribution < 1.29 is 0 Å². The molecule has 0 aliphatic rings. The van der Waals surface area contributed by atoms with Crippen molar-refractivity contribution in [2.24, 2.45) is 5.92 Å². The molecule has 0 bridgehead atoms. The molecule has 0 amide bonds. The highest BCUT2D eigenvalue weighted by atomic mass is 79.9. The van der Waals surface area contributed by atoms with E-state index in [2.05, 4.69) is 43.6 Å². The zero-order valence-electron chi connectivity index (χ0n) is 8.78. The third-order valence-corrected chi connectivity index (χ3v) is 3.49. The molecule has 0 nitrogen and oxygen atoms in total. The number of hydrogen-bond acceptors (Lipinski definition) is 0. The Labute approximate surface area is 85.6 Å². The van der Waals surface area contributed by atoms with Crippen molar-refractivity contribution >= 4 is 15.9 Å².